The van der Waals surface area contributed by atoms with Crippen LogP contribution in [0.15, 0.2) is 218 Å². The molecule has 0 aliphatic heterocycles. The van der Waals surface area contributed by atoms with Gasteiger partial charge in [0.05, 0.1) is 0 Å². The van der Waals surface area contributed by atoms with Crippen molar-refractivity contribution in [3.05, 3.63) is 218 Å². The Kier molecular flexibility index (Phi) is 8.73. The van der Waals surface area contributed by atoms with Gasteiger partial charge in [0.1, 0.15) is 0 Å². The molecule has 0 atom stereocenters. The number of anilines is 6. The second kappa shape index (κ2) is 14.2. The highest BCUT2D eigenvalue weighted by Gasteiger charge is 2.16. The third-order valence-electron chi connectivity index (χ3n) is 9.06. The van der Waals surface area contributed by atoms with E-state index in [9.17, 15) is 0 Å². The van der Waals surface area contributed by atoms with Crippen molar-refractivity contribution in [1.82, 2.24) is 0 Å². The van der Waals surface area contributed by atoms with Crippen LogP contribution in [0.2, 0.25) is 0 Å². The van der Waals surface area contributed by atoms with Crippen molar-refractivity contribution in [3.63, 3.8) is 0 Å². The summed E-state index contributed by atoms with van der Waals surface area (Å²) in [7, 11) is 0. The third kappa shape index (κ3) is 6.43. The molecule has 8 rings (SSSR count). The summed E-state index contributed by atoms with van der Waals surface area (Å²) in [6, 6.07) is 77.5. The second-order valence-electron chi connectivity index (χ2n) is 12.2. The SMILES string of the molecule is c1ccc(-c2ccc(-c3ccc(N(c4ccccc4)c4ccccc4)cc3)cc2-c2ccc(N(c3ccccc3)c3ccccc3)cc2)cc1. The van der Waals surface area contributed by atoms with Crippen LogP contribution < -0.4 is 9.80 Å². The first-order valence-corrected chi connectivity index (χ1v) is 17.0. The average molecular weight is 641 g/mol. The van der Waals surface area contributed by atoms with Crippen LogP contribution in [0.3, 0.4) is 0 Å². The van der Waals surface area contributed by atoms with E-state index in [0.29, 0.717) is 0 Å². The van der Waals surface area contributed by atoms with Gasteiger partial charge in [0, 0.05) is 34.1 Å². The molecular formula is C48H36N2. The predicted octanol–water partition coefficient (Wildman–Crippen LogP) is 13.6. The lowest BCUT2D eigenvalue weighted by Gasteiger charge is -2.26. The Morgan fingerprint density at radius 1 is 0.200 bits per heavy atom. The molecule has 0 aliphatic rings. The van der Waals surface area contributed by atoms with Crippen LogP contribution in [0.25, 0.3) is 33.4 Å². The Hall–Kier alpha value is -6.64. The lowest BCUT2D eigenvalue weighted by molar-refractivity contribution is 1.28. The zero-order chi connectivity index (χ0) is 33.5. The van der Waals surface area contributed by atoms with Gasteiger partial charge < -0.3 is 9.80 Å². The molecule has 2 heteroatoms. The Morgan fingerprint density at radius 2 is 0.500 bits per heavy atom. The largest absolute Gasteiger partial charge is 0.311 e. The van der Waals surface area contributed by atoms with Gasteiger partial charge in [0.2, 0.25) is 0 Å². The monoisotopic (exact) mass is 640 g/mol. The summed E-state index contributed by atoms with van der Waals surface area (Å²) in [5.74, 6) is 0. The lowest BCUT2D eigenvalue weighted by Crippen LogP contribution is -2.09. The van der Waals surface area contributed by atoms with Crippen LogP contribution in [0.5, 0.6) is 0 Å². The van der Waals surface area contributed by atoms with Gasteiger partial charge in [-0.2, -0.15) is 0 Å². The maximum atomic E-state index is 2.34. The Balaban J connectivity index is 1.18. The van der Waals surface area contributed by atoms with Crippen LogP contribution in [-0.2, 0) is 0 Å². The van der Waals surface area contributed by atoms with E-state index in [4.69, 9.17) is 0 Å². The zero-order valence-electron chi connectivity index (χ0n) is 27.7. The maximum Gasteiger partial charge on any atom is 0.0462 e. The number of nitrogens with zero attached hydrogens (tertiary/aromatic N) is 2. The zero-order valence-corrected chi connectivity index (χ0v) is 27.7. The summed E-state index contributed by atoms with van der Waals surface area (Å²) in [4.78, 5) is 4.59. The predicted molar refractivity (Wildman–Crippen MR) is 212 cm³/mol. The first kappa shape index (κ1) is 30.7. The van der Waals surface area contributed by atoms with Gasteiger partial charge in [-0.25, -0.2) is 0 Å². The quantitative estimate of drug-likeness (QED) is 0.155. The molecule has 238 valence electrons. The molecule has 50 heavy (non-hydrogen) atoms. The summed E-state index contributed by atoms with van der Waals surface area (Å²) in [6.45, 7) is 0. The van der Waals surface area contributed by atoms with E-state index in [2.05, 4.69) is 228 Å². The summed E-state index contributed by atoms with van der Waals surface area (Å²) < 4.78 is 0. The van der Waals surface area contributed by atoms with E-state index in [1.165, 1.54) is 33.4 Å². The van der Waals surface area contributed by atoms with E-state index in [1.54, 1.807) is 0 Å². The minimum atomic E-state index is 1.11. The van der Waals surface area contributed by atoms with E-state index in [-0.39, 0.29) is 0 Å². The molecule has 0 unspecified atom stereocenters. The number of hydrogen-bond donors (Lipinski definition) is 0. The van der Waals surface area contributed by atoms with Crippen LogP contribution in [0.4, 0.5) is 34.1 Å². The summed E-state index contributed by atoms with van der Waals surface area (Å²) in [6.07, 6.45) is 0. The fourth-order valence-corrected chi connectivity index (χ4v) is 6.63. The third-order valence-corrected chi connectivity index (χ3v) is 9.06. The standard InChI is InChI=1S/C48H36N2/c1-6-16-38(17-7-1)47-35-30-40(37-26-31-45(32-27-37)49(41-18-8-2-9-19-41)42-20-10-3-11-21-42)36-48(47)39-28-33-46(34-29-39)50(43-22-12-4-13-23-43)44-24-14-5-15-25-44/h1-36H. The van der Waals surface area contributed by atoms with Crippen LogP contribution in [0, 0.1) is 0 Å². The summed E-state index contributed by atoms with van der Waals surface area (Å²) >= 11 is 0. The molecule has 8 aromatic carbocycles. The fraction of sp³-hybridized carbons (Fsp3) is 0. The maximum absolute atomic E-state index is 2.34. The van der Waals surface area contributed by atoms with Gasteiger partial charge in [0.25, 0.3) is 0 Å². The van der Waals surface area contributed by atoms with Crippen molar-refractivity contribution >= 4 is 34.1 Å². The van der Waals surface area contributed by atoms with Crippen molar-refractivity contribution in [2.24, 2.45) is 0 Å². The van der Waals surface area contributed by atoms with Crippen molar-refractivity contribution < 1.29 is 0 Å². The summed E-state index contributed by atoms with van der Waals surface area (Å²) in [5.41, 5.74) is 13.9. The minimum Gasteiger partial charge on any atom is -0.311 e. The van der Waals surface area contributed by atoms with Crippen molar-refractivity contribution in [3.8, 4) is 33.4 Å². The van der Waals surface area contributed by atoms with Crippen molar-refractivity contribution in [2.45, 2.75) is 0 Å². The molecule has 0 N–H and O–H groups in total. The molecule has 8 aromatic rings. The second-order valence-corrected chi connectivity index (χ2v) is 12.2. The number of rotatable bonds is 9. The molecule has 0 fully saturated rings. The summed E-state index contributed by atoms with van der Waals surface area (Å²) in [5, 5.41) is 0. The van der Waals surface area contributed by atoms with Crippen molar-refractivity contribution in [2.75, 3.05) is 9.80 Å². The molecule has 0 saturated heterocycles. The Morgan fingerprint density at radius 3 is 0.900 bits per heavy atom. The molecule has 0 aromatic heterocycles. The van der Waals surface area contributed by atoms with Crippen LogP contribution in [0.1, 0.15) is 0 Å². The molecule has 0 amide bonds. The fourth-order valence-electron chi connectivity index (χ4n) is 6.63. The molecule has 0 heterocycles. The van der Waals surface area contributed by atoms with Gasteiger partial charge in [-0.1, -0.05) is 140 Å². The molecule has 0 spiro atoms. The number of hydrogen-bond acceptors (Lipinski definition) is 2. The van der Waals surface area contributed by atoms with E-state index >= 15 is 0 Å². The first-order valence-electron chi connectivity index (χ1n) is 17.0. The van der Waals surface area contributed by atoms with Gasteiger partial charge in [-0.05, 0) is 112 Å². The first-order chi connectivity index (χ1) is 24.8. The lowest BCUT2D eigenvalue weighted by atomic mass is 9.91. The molecular weight excluding hydrogens is 605 g/mol. The Labute approximate surface area is 294 Å². The average Bonchev–Trinajstić information content (AvgIpc) is 3.20. The Bertz CT molecular complexity index is 2190. The van der Waals surface area contributed by atoms with E-state index < -0.39 is 0 Å². The van der Waals surface area contributed by atoms with E-state index in [0.717, 1.165) is 34.1 Å². The smallest absolute Gasteiger partial charge is 0.0462 e. The van der Waals surface area contributed by atoms with Crippen LogP contribution in [-0.4, -0.2) is 0 Å². The van der Waals surface area contributed by atoms with Gasteiger partial charge in [0.15, 0.2) is 0 Å². The molecule has 0 saturated carbocycles. The normalized spacial score (nSPS) is 10.8. The van der Waals surface area contributed by atoms with Gasteiger partial charge in [-0.3, -0.25) is 0 Å². The van der Waals surface area contributed by atoms with Crippen molar-refractivity contribution in [1.29, 1.82) is 0 Å². The highest BCUT2D eigenvalue weighted by molar-refractivity contribution is 5.89. The minimum absolute atomic E-state index is 1.11. The highest BCUT2D eigenvalue weighted by Crippen LogP contribution is 2.40. The molecule has 2 nitrogen and oxygen atoms in total. The van der Waals surface area contributed by atoms with Gasteiger partial charge in [-0.15, -0.1) is 0 Å². The number of benzene rings is 8. The topological polar surface area (TPSA) is 6.48 Å². The van der Waals surface area contributed by atoms with Gasteiger partial charge >= 0.3 is 0 Å². The van der Waals surface area contributed by atoms with Crippen LogP contribution >= 0.6 is 0 Å². The number of para-hydroxylation sites is 4. The molecule has 0 aliphatic carbocycles. The van der Waals surface area contributed by atoms with E-state index in [1.807, 2.05) is 0 Å². The highest BCUT2D eigenvalue weighted by atomic mass is 15.1. The molecule has 0 radical (unpaired) electrons. The molecule has 0 bridgehead atoms.